The molecule has 0 bridgehead atoms. The number of alkyl halides is 6. The molecule has 0 amide bonds. The second-order valence-electron chi connectivity index (χ2n) is 7.28. The Morgan fingerprint density at radius 3 is 1.47 bits per heavy atom. The van der Waals surface area contributed by atoms with Crippen LogP contribution in [0.1, 0.15) is 84.0 Å². The van der Waals surface area contributed by atoms with Crippen molar-refractivity contribution in [3.8, 4) is 0 Å². The van der Waals surface area contributed by atoms with Gasteiger partial charge < -0.3 is 9.29 Å². The van der Waals surface area contributed by atoms with E-state index < -0.39 is 46.2 Å². The molecular formula is C18H29F6O5S-. The van der Waals surface area contributed by atoms with Gasteiger partial charge in [0.1, 0.15) is 0 Å². The molecule has 5 nitrogen and oxygen atoms in total. The summed E-state index contributed by atoms with van der Waals surface area (Å²) < 4.78 is 114. The predicted molar refractivity (Wildman–Crippen MR) is 96.6 cm³/mol. The molecule has 0 aromatic rings. The molecule has 0 atom stereocenters. The molecule has 0 aliphatic rings. The first-order chi connectivity index (χ1) is 13.7. The zero-order chi connectivity index (χ0) is 23.5. The van der Waals surface area contributed by atoms with Crippen LogP contribution in [-0.4, -0.2) is 42.6 Å². The Kier molecular flexibility index (Phi) is 12.3. The van der Waals surface area contributed by atoms with Gasteiger partial charge >= 0.3 is 23.9 Å². The van der Waals surface area contributed by atoms with E-state index in [1.54, 1.807) is 0 Å². The van der Waals surface area contributed by atoms with Crippen LogP contribution in [0.3, 0.4) is 0 Å². The van der Waals surface area contributed by atoms with E-state index >= 15 is 0 Å². The molecule has 0 heterocycles. The SMILES string of the molecule is CCCCCCCCCCCCCC(=O)OC(CS(=O)(=O)[O-])(C(F)(F)F)C(F)(F)F. The van der Waals surface area contributed by atoms with Gasteiger partial charge in [-0.25, -0.2) is 8.42 Å². The normalized spacial score (nSPS) is 13.5. The summed E-state index contributed by atoms with van der Waals surface area (Å²) in [5.74, 6) is -4.82. The number of hydrogen-bond donors (Lipinski definition) is 0. The summed E-state index contributed by atoms with van der Waals surface area (Å²) in [6.07, 6.45) is -3.75. The first-order valence-electron chi connectivity index (χ1n) is 9.95. The van der Waals surface area contributed by atoms with Crippen molar-refractivity contribution in [1.29, 1.82) is 0 Å². The first kappa shape index (κ1) is 29.0. The topological polar surface area (TPSA) is 83.5 Å². The molecule has 0 saturated heterocycles. The number of rotatable bonds is 15. The van der Waals surface area contributed by atoms with E-state index in [9.17, 15) is 44.1 Å². The van der Waals surface area contributed by atoms with Crippen LogP contribution < -0.4 is 0 Å². The molecule has 30 heavy (non-hydrogen) atoms. The highest BCUT2D eigenvalue weighted by Crippen LogP contribution is 2.47. The average Bonchev–Trinajstić information content (AvgIpc) is 2.56. The second kappa shape index (κ2) is 12.7. The molecular weight excluding hydrogens is 442 g/mol. The third-order valence-corrected chi connectivity index (χ3v) is 5.33. The summed E-state index contributed by atoms with van der Waals surface area (Å²) in [5, 5.41) is 0. The van der Waals surface area contributed by atoms with Crippen LogP contribution >= 0.6 is 0 Å². The van der Waals surface area contributed by atoms with Crippen molar-refractivity contribution in [3.05, 3.63) is 0 Å². The van der Waals surface area contributed by atoms with Crippen LogP contribution in [0.25, 0.3) is 0 Å². The fraction of sp³-hybridized carbons (Fsp3) is 0.944. The van der Waals surface area contributed by atoms with Crippen LogP contribution in [0.2, 0.25) is 0 Å². The molecule has 0 aliphatic carbocycles. The van der Waals surface area contributed by atoms with Gasteiger partial charge in [-0.15, -0.1) is 0 Å². The molecule has 0 aromatic carbocycles. The zero-order valence-electron chi connectivity index (χ0n) is 16.9. The van der Waals surface area contributed by atoms with E-state index in [2.05, 4.69) is 11.7 Å². The quantitative estimate of drug-likeness (QED) is 0.134. The predicted octanol–water partition coefficient (Wildman–Crippen LogP) is 5.64. The molecule has 0 radical (unpaired) electrons. The van der Waals surface area contributed by atoms with E-state index in [0.717, 1.165) is 38.5 Å². The van der Waals surface area contributed by atoms with Crippen molar-refractivity contribution in [2.24, 2.45) is 0 Å². The minimum atomic E-state index is -6.32. The number of carbonyl (C=O) groups excluding carboxylic acids is 1. The van der Waals surface area contributed by atoms with Crippen LogP contribution in [0, 0.1) is 0 Å². The van der Waals surface area contributed by atoms with E-state index in [1.807, 2.05) is 0 Å². The Labute approximate surface area is 173 Å². The van der Waals surface area contributed by atoms with Gasteiger partial charge in [0.2, 0.25) is 0 Å². The maximum atomic E-state index is 13.0. The minimum absolute atomic E-state index is 0.00868. The number of halogens is 6. The van der Waals surface area contributed by atoms with Gasteiger partial charge in [0.15, 0.2) is 0 Å². The number of esters is 1. The third-order valence-electron chi connectivity index (χ3n) is 4.57. The van der Waals surface area contributed by atoms with Crippen molar-refractivity contribution in [3.63, 3.8) is 0 Å². The Bertz CT molecular complexity index is 587. The first-order valence-corrected chi connectivity index (χ1v) is 11.5. The van der Waals surface area contributed by atoms with Gasteiger partial charge in [-0.1, -0.05) is 71.1 Å². The molecule has 12 heteroatoms. The molecule has 180 valence electrons. The Morgan fingerprint density at radius 1 is 0.767 bits per heavy atom. The molecule has 0 spiro atoms. The smallest absolute Gasteiger partial charge is 0.438 e. The number of carbonyl (C=O) groups is 1. The lowest BCUT2D eigenvalue weighted by atomic mass is 10.0. The summed E-state index contributed by atoms with van der Waals surface area (Å²) in [6.45, 7) is 2.12. The number of unbranched alkanes of at least 4 members (excludes halogenated alkanes) is 10. The van der Waals surface area contributed by atoms with Crippen LogP contribution in [-0.2, 0) is 19.6 Å². The molecule has 0 saturated carbocycles. The van der Waals surface area contributed by atoms with Gasteiger partial charge in [0.25, 0.3) is 0 Å². The fourth-order valence-electron chi connectivity index (χ4n) is 2.90. The van der Waals surface area contributed by atoms with E-state index in [4.69, 9.17) is 0 Å². The van der Waals surface area contributed by atoms with Gasteiger partial charge in [0, 0.05) is 6.42 Å². The highest BCUT2D eigenvalue weighted by molar-refractivity contribution is 7.85. The molecule has 0 aromatic heterocycles. The lowest BCUT2D eigenvalue weighted by molar-refractivity contribution is -0.361. The van der Waals surface area contributed by atoms with Gasteiger partial charge in [0.05, 0.1) is 15.9 Å². The maximum absolute atomic E-state index is 13.0. The molecule has 0 fully saturated rings. The summed E-state index contributed by atoms with van der Waals surface area (Å²) in [4.78, 5) is 11.6. The molecule has 0 unspecified atom stereocenters. The summed E-state index contributed by atoms with van der Waals surface area (Å²) in [5.41, 5.74) is -5.38. The second-order valence-corrected chi connectivity index (χ2v) is 8.69. The summed E-state index contributed by atoms with van der Waals surface area (Å²) >= 11 is 0. The third kappa shape index (κ3) is 10.8. The van der Waals surface area contributed by atoms with Crippen LogP contribution in [0.15, 0.2) is 0 Å². The van der Waals surface area contributed by atoms with Crippen molar-refractivity contribution in [2.45, 2.75) is 102 Å². The van der Waals surface area contributed by atoms with Crippen LogP contribution in [0.4, 0.5) is 26.3 Å². The average molecular weight is 471 g/mol. The van der Waals surface area contributed by atoms with Gasteiger partial charge in [-0.2, -0.15) is 26.3 Å². The van der Waals surface area contributed by atoms with Gasteiger partial charge in [-0.05, 0) is 6.42 Å². The van der Waals surface area contributed by atoms with E-state index in [-0.39, 0.29) is 6.42 Å². The fourth-order valence-corrected chi connectivity index (χ4v) is 3.78. The highest BCUT2D eigenvalue weighted by Gasteiger charge is 2.75. The lowest BCUT2D eigenvalue weighted by Crippen LogP contribution is -2.63. The van der Waals surface area contributed by atoms with Crippen molar-refractivity contribution in [1.82, 2.24) is 0 Å². The van der Waals surface area contributed by atoms with E-state index in [1.165, 1.54) is 12.8 Å². The van der Waals surface area contributed by atoms with E-state index in [0.29, 0.717) is 12.8 Å². The maximum Gasteiger partial charge on any atom is 0.438 e. The minimum Gasteiger partial charge on any atom is -0.748 e. The van der Waals surface area contributed by atoms with Gasteiger partial charge in [-0.3, -0.25) is 4.79 Å². The summed E-state index contributed by atoms with van der Waals surface area (Å²) in [7, 11) is -6.01. The number of hydrogen-bond acceptors (Lipinski definition) is 5. The van der Waals surface area contributed by atoms with Crippen LogP contribution in [0.5, 0.6) is 0 Å². The zero-order valence-corrected chi connectivity index (χ0v) is 17.7. The summed E-state index contributed by atoms with van der Waals surface area (Å²) in [6, 6.07) is 0. The highest BCUT2D eigenvalue weighted by atomic mass is 32.2. The Hall–Kier alpha value is -1.04. The monoisotopic (exact) mass is 471 g/mol. The van der Waals surface area contributed by atoms with Crippen molar-refractivity contribution < 1.29 is 48.8 Å². The largest absolute Gasteiger partial charge is 0.748 e. The molecule has 0 N–H and O–H groups in total. The Balaban J connectivity index is 4.52. The molecule has 0 rings (SSSR count). The van der Waals surface area contributed by atoms with Crippen molar-refractivity contribution in [2.75, 3.05) is 5.75 Å². The lowest BCUT2D eigenvalue weighted by Gasteiger charge is -2.36. The number of ether oxygens (including phenoxy) is 1. The standard InChI is InChI=1S/C18H30F6O5S/c1-2-3-4-5-6-7-8-9-10-11-12-13-15(25)29-16(17(19,20)21,18(22,23)24)14-30(26,27)28/h2-14H2,1H3,(H,26,27,28)/p-1. The Morgan fingerprint density at radius 2 is 1.13 bits per heavy atom. The molecule has 0 aliphatic heterocycles. The van der Waals surface area contributed by atoms with Crippen molar-refractivity contribution >= 4 is 16.1 Å².